The van der Waals surface area contributed by atoms with Crippen molar-refractivity contribution in [1.82, 2.24) is 4.98 Å². The molecule has 1 N–H and O–H groups in total. The van der Waals surface area contributed by atoms with E-state index in [0.29, 0.717) is 5.92 Å². The molecule has 0 bridgehead atoms. The minimum Gasteiger partial charge on any atom is -0.361 e. The number of rotatable bonds is 0. The van der Waals surface area contributed by atoms with Crippen molar-refractivity contribution in [1.29, 1.82) is 0 Å². The molecule has 0 saturated carbocycles. The molecule has 0 aliphatic heterocycles. The van der Waals surface area contributed by atoms with Gasteiger partial charge >= 0.3 is 0 Å². The van der Waals surface area contributed by atoms with Crippen LogP contribution in [0.4, 0.5) is 0 Å². The summed E-state index contributed by atoms with van der Waals surface area (Å²) >= 11 is 0. The quantitative estimate of drug-likeness (QED) is 0.641. The third kappa shape index (κ3) is 1.52. The molecule has 1 heteroatoms. The Labute approximate surface area is 85.5 Å². The average Bonchev–Trinajstić information content (AvgIpc) is 2.45. The van der Waals surface area contributed by atoms with E-state index >= 15 is 0 Å². The molecule has 76 valence electrons. The van der Waals surface area contributed by atoms with E-state index in [-0.39, 0.29) is 5.41 Å². The molecule has 1 aliphatic carbocycles. The number of aromatic nitrogens is 1. The third-order valence-electron chi connectivity index (χ3n) is 2.91. The van der Waals surface area contributed by atoms with E-state index in [2.05, 4.69) is 51.0 Å². The standard InChI is InChI=1S/C13H19N/c1-9-5-6-10-11(13(2,3)4)8-14-12(10)7-9/h6-9,14H,5H2,1-4H3. The molecule has 0 amide bonds. The van der Waals surface area contributed by atoms with E-state index in [0.717, 1.165) is 0 Å². The summed E-state index contributed by atoms with van der Waals surface area (Å²) in [5, 5.41) is 2.74. The van der Waals surface area contributed by atoms with Gasteiger partial charge in [-0.05, 0) is 28.5 Å². The first-order valence-corrected chi connectivity index (χ1v) is 5.38. The molecule has 0 radical (unpaired) electrons. The lowest BCUT2D eigenvalue weighted by Gasteiger charge is -2.17. The van der Waals surface area contributed by atoms with Crippen LogP contribution in [0.15, 0.2) is 6.20 Å². The lowest BCUT2D eigenvalue weighted by atomic mass is 9.86. The van der Waals surface area contributed by atoms with Crippen molar-refractivity contribution in [2.45, 2.75) is 39.5 Å². The molecule has 1 atom stereocenters. The van der Waals surface area contributed by atoms with Crippen LogP contribution in [0.3, 0.4) is 0 Å². The minimum atomic E-state index is 0.245. The van der Waals surface area contributed by atoms with Gasteiger partial charge in [-0.3, -0.25) is 0 Å². The Hall–Kier alpha value is -0.980. The van der Waals surface area contributed by atoms with Gasteiger partial charge in [0.15, 0.2) is 0 Å². The fraction of sp³-hybridized carbons (Fsp3) is 0.538. The monoisotopic (exact) mass is 189 g/mol. The van der Waals surface area contributed by atoms with Crippen molar-refractivity contribution < 1.29 is 0 Å². The molecule has 1 nitrogen and oxygen atoms in total. The van der Waals surface area contributed by atoms with Gasteiger partial charge in [0.1, 0.15) is 0 Å². The van der Waals surface area contributed by atoms with Gasteiger partial charge in [-0.25, -0.2) is 0 Å². The van der Waals surface area contributed by atoms with Gasteiger partial charge in [0, 0.05) is 11.5 Å². The average molecular weight is 189 g/mol. The molecule has 14 heavy (non-hydrogen) atoms. The van der Waals surface area contributed by atoms with Crippen LogP contribution in [-0.2, 0) is 5.41 Å². The third-order valence-corrected chi connectivity index (χ3v) is 2.91. The van der Waals surface area contributed by atoms with E-state index < -0.39 is 0 Å². The number of aromatic amines is 1. The first kappa shape index (κ1) is 9.57. The fourth-order valence-corrected chi connectivity index (χ4v) is 2.09. The van der Waals surface area contributed by atoms with Gasteiger partial charge in [-0.2, -0.15) is 0 Å². The van der Waals surface area contributed by atoms with Crippen molar-refractivity contribution in [2.24, 2.45) is 5.92 Å². The zero-order chi connectivity index (χ0) is 10.3. The van der Waals surface area contributed by atoms with Crippen LogP contribution < -0.4 is 10.6 Å². The highest BCUT2D eigenvalue weighted by Crippen LogP contribution is 2.18. The second-order valence-electron chi connectivity index (χ2n) is 5.36. The summed E-state index contributed by atoms with van der Waals surface area (Å²) in [6.07, 6.45) is 8.05. The predicted octanol–water partition coefficient (Wildman–Crippen LogP) is 1.91. The first-order chi connectivity index (χ1) is 6.48. The molecule has 0 aromatic carbocycles. The first-order valence-electron chi connectivity index (χ1n) is 5.38. The Morgan fingerprint density at radius 1 is 1.36 bits per heavy atom. The van der Waals surface area contributed by atoms with Crippen LogP contribution in [0.5, 0.6) is 0 Å². The van der Waals surface area contributed by atoms with Crippen molar-refractivity contribution in [3.63, 3.8) is 0 Å². The van der Waals surface area contributed by atoms with E-state index in [1.165, 1.54) is 22.6 Å². The summed E-state index contributed by atoms with van der Waals surface area (Å²) in [7, 11) is 0. The van der Waals surface area contributed by atoms with Gasteiger partial charge in [-0.15, -0.1) is 0 Å². The maximum atomic E-state index is 3.38. The maximum Gasteiger partial charge on any atom is 0.0416 e. The predicted molar refractivity (Wildman–Crippen MR) is 61.5 cm³/mol. The summed E-state index contributed by atoms with van der Waals surface area (Å²) < 4.78 is 0. The number of hydrogen-bond donors (Lipinski definition) is 1. The smallest absolute Gasteiger partial charge is 0.0416 e. The molecule has 1 aromatic heterocycles. The Morgan fingerprint density at radius 3 is 2.71 bits per heavy atom. The summed E-state index contributed by atoms with van der Waals surface area (Å²) in [4.78, 5) is 3.38. The molecule has 1 heterocycles. The second kappa shape index (κ2) is 3.01. The normalized spacial score (nSPS) is 21.0. The Kier molecular flexibility index (Phi) is 2.06. The topological polar surface area (TPSA) is 15.8 Å². The van der Waals surface area contributed by atoms with Gasteiger partial charge in [-0.1, -0.05) is 39.8 Å². The molecule has 0 spiro atoms. The highest BCUT2D eigenvalue weighted by molar-refractivity contribution is 5.42. The Balaban J connectivity index is 2.66. The minimum absolute atomic E-state index is 0.245. The largest absolute Gasteiger partial charge is 0.361 e. The van der Waals surface area contributed by atoms with Gasteiger partial charge in [0.25, 0.3) is 0 Å². The molecular weight excluding hydrogens is 170 g/mol. The van der Waals surface area contributed by atoms with Crippen LogP contribution in [0, 0.1) is 5.92 Å². The molecule has 1 unspecified atom stereocenters. The molecule has 0 saturated heterocycles. The lowest BCUT2D eigenvalue weighted by Crippen LogP contribution is -2.32. The molecule has 1 aromatic rings. The number of nitrogens with one attached hydrogen (secondary N) is 1. The molecule has 2 rings (SSSR count). The van der Waals surface area contributed by atoms with Crippen LogP contribution in [-0.4, -0.2) is 4.98 Å². The maximum absolute atomic E-state index is 3.38. The van der Waals surface area contributed by atoms with E-state index in [1.54, 1.807) is 0 Å². The number of hydrogen-bond acceptors (Lipinski definition) is 0. The summed E-state index contributed by atoms with van der Waals surface area (Å²) in [6, 6.07) is 0. The van der Waals surface area contributed by atoms with Crippen LogP contribution >= 0.6 is 0 Å². The van der Waals surface area contributed by atoms with Crippen LogP contribution in [0.2, 0.25) is 0 Å². The number of fused-ring (bicyclic) bond motifs is 1. The molecule has 0 fully saturated rings. The van der Waals surface area contributed by atoms with Crippen molar-refractivity contribution in [3.8, 4) is 0 Å². The van der Waals surface area contributed by atoms with Gasteiger partial charge < -0.3 is 4.98 Å². The van der Waals surface area contributed by atoms with E-state index in [4.69, 9.17) is 0 Å². The van der Waals surface area contributed by atoms with Crippen LogP contribution in [0.25, 0.3) is 12.2 Å². The van der Waals surface area contributed by atoms with Crippen molar-refractivity contribution in [3.05, 3.63) is 22.3 Å². The lowest BCUT2D eigenvalue weighted by molar-refractivity contribution is 0.586. The highest BCUT2D eigenvalue weighted by Gasteiger charge is 2.17. The zero-order valence-corrected chi connectivity index (χ0v) is 9.52. The number of H-pyrrole nitrogens is 1. The van der Waals surface area contributed by atoms with E-state index in [1.807, 2.05) is 0 Å². The zero-order valence-electron chi connectivity index (χ0n) is 9.52. The molecular formula is C13H19N. The van der Waals surface area contributed by atoms with Gasteiger partial charge in [0.05, 0.1) is 0 Å². The van der Waals surface area contributed by atoms with Crippen molar-refractivity contribution >= 4 is 12.2 Å². The fourth-order valence-electron chi connectivity index (χ4n) is 2.09. The highest BCUT2D eigenvalue weighted by atomic mass is 14.7. The Bertz CT molecular complexity index is 443. The van der Waals surface area contributed by atoms with E-state index in [9.17, 15) is 0 Å². The Morgan fingerprint density at radius 2 is 2.07 bits per heavy atom. The molecule has 1 aliphatic rings. The van der Waals surface area contributed by atoms with Crippen LogP contribution in [0.1, 0.15) is 39.7 Å². The summed E-state index contributed by atoms with van der Waals surface area (Å²) in [5.41, 5.74) is 1.69. The summed E-state index contributed by atoms with van der Waals surface area (Å²) in [5.74, 6) is 0.675. The van der Waals surface area contributed by atoms with Crippen molar-refractivity contribution in [2.75, 3.05) is 0 Å². The van der Waals surface area contributed by atoms with Gasteiger partial charge in [0.2, 0.25) is 0 Å². The second-order valence-corrected chi connectivity index (χ2v) is 5.36. The summed E-state index contributed by atoms with van der Waals surface area (Å²) in [6.45, 7) is 9.06. The SMILES string of the molecule is CC1C=c2[nH]cc(C(C)(C)C)c2=CC1.